The normalized spacial score (nSPS) is 13.7. The molecule has 4 heterocycles. The number of nitriles is 1. The molecule has 3 N–H and O–H groups in total. The molecular formula is C23H20N6O2. The van der Waals surface area contributed by atoms with Gasteiger partial charge in [-0.3, -0.25) is 0 Å². The lowest BCUT2D eigenvalue weighted by atomic mass is 9.92. The third kappa shape index (κ3) is 3.25. The number of anilines is 1. The number of ether oxygens (including phenoxy) is 1. The maximum Gasteiger partial charge on any atom is 0.222 e. The van der Waals surface area contributed by atoms with Crippen LogP contribution < -0.4 is 5.32 Å². The minimum atomic E-state index is 0.193. The second kappa shape index (κ2) is 7.38. The molecule has 0 amide bonds. The Morgan fingerprint density at radius 3 is 2.61 bits per heavy atom. The molecular weight excluding hydrogens is 392 g/mol. The number of hydrogen-bond acceptors (Lipinski definition) is 7. The van der Waals surface area contributed by atoms with Crippen LogP contribution in [0, 0.1) is 25.2 Å². The zero-order chi connectivity index (χ0) is 21.5. The predicted octanol–water partition coefficient (Wildman–Crippen LogP) is 3.69. The van der Waals surface area contributed by atoms with Crippen LogP contribution in [-0.4, -0.2) is 44.3 Å². The van der Waals surface area contributed by atoms with Crippen LogP contribution in [0.25, 0.3) is 33.4 Å². The summed E-state index contributed by atoms with van der Waals surface area (Å²) in [5.41, 5.74) is 5.91. The highest BCUT2D eigenvalue weighted by Gasteiger charge is 2.20. The van der Waals surface area contributed by atoms with Crippen LogP contribution in [0.4, 0.5) is 5.95 Å². The Morgan fingerprint density at radius 1 is 1.16 bits per heavy atom. The molecule has 4 aromatic rings. The molecule has 1 saturated heterocycles. The van der Waals surface area contributed by atoms with Gasteiger partial charge in [0.15, 0.2) is 0 Å². The maximum atomic E-state index is 10.2. The van der Waals surface area contributed by atoms with Crippen LogP contribution in [0.2, 0.25) is 0 Å². The number of aromatic amines is 1. The fraction of sp³-hybridized carbons (Fsp3) is 0.217. The number of hydrogen-bond donors (Lipinski definition) is 3. The highest BCUT2D eigenvalue weighted by Crippen LogP contribution is 2.37. The van der Waals surface area contributed by atoms with E-state index in [1.54, 1.807) is 24.7 Å². The molecule has 0 bridgehead atoms. The first-order valence-corrected chi connectivity index (χ1v) is 9.93. The summed E-state index contributed by atoms with van der Waals surface area (Å²) < 4.78 is 5.15. The van der Waals surface area contributed by atoms with E-state index in [0.717, 1.165) is 27.9 Å². The molecule has 31 heavy (non-hydrogen) atoms. The monoisotopic (exact) mass is 412 g/mol. The van der Waals surface area contributed by atoms with E-state index in [4.69, 9.17) is 4.74 Å². The molecule has 1 aliphatic heterocycles. The molecule has 1 fully saturated rings. The van der Waals surface area contributed by atoms with Gasteiger partial charge in [0.05, 0.1) is 30.5 Å². The van der Waals surface area contributed by atoms with Gasteiger partial charge in [-0.15, -0.1) is 0 Å². The van der Waals surface area contributed by atoms with Crippen molar-refractivity contribution in [3.63, 3.8) is 0 Å². The number of pyridine rings is 1. The van der Waals surface area contributed by atoms with Crippen LogP contribution >= 0.6 is 0 Å². The standard InChI is InChI=1S/C23H20N6O2/c1-12-3-4-20(30)13(2)21(12)18-9-25-22-16(17(18)6-24)5-19(29-22)14-7-26-23(27-8-14)28-15-10-31-11-15/h3-5,7-9,15,30H,10-11H2,1-2H3,(H,25,29)(H,26,27,28). The predicted molar refractivity (Wildman–Crippen MR) is 117 cm³/mol. The zero-order valence-electron chi connectivity index (χ0n) is 17.1. The number of rotatable bonds is 4. The van der Waals surface area contributed by atoms with Gasteiger partial charge in [-0.05, 0) is 42.7 Å². The van der Waals surface area contributed by atoms with Gasteiger partial charge in [-0.25, -0.2) is 15.0 Å². The van der Waals surface area contributed by atoms with Gasteiger partial charge in [0, 0.05) is 35.1 Å². The molecule has 8 nitrogen and oxygen atoms in total. The van der Waals surface area contributed by atoms with Crippen LogP contribution in [0.5, 0.6) is 5.75 Å². The molecule has 1 aliphatic rings. The van der Waals surface area contributed by atoms with E-state index < -0.39 is 0 Å². The summed E-state index contributed by atoms with van der Waals surface area (Å²) in [7, 11) is 0. The third-order valence-electron chi connectivity index (χ3n) is 5.62. The fourth-order valence-electron chi connectivity index (χ4n) is 3.83. The molecule has 0 aliphatic carbocycles. The van der Waals surface area contributed by atoms with Gasteiger partial charge in [0.25, 0.3) is 0 Å². The first-order valence-electron chi connectivity index (χ1n) is 9.93. The van der Waals surface area contributed by atoms with E-state index in [2.05, 4.69) is 31.3 Å². The number of phenolic OH excluding ortho intramolecular Hbond substituents is 1. The molecule has 0 radical (unpaired) electrons. The Balaban J connectivity index is 1.56. The van der Waals surface area contributed by atoms with Gasteiger partial charge in [-0.2, -0.15) is 5.26 Å². The summed E-state index contributed by atoms with van der Waals surface area (Å²) in [5, 5.41) is 24.1. The van der Waals surface area contributed by atoms with Crippen molar-refractivity contribution in [1.29, 1.82) is 5.26 Å². The summed E-state index contributed by atoms with van der Waals surface area (Å²) in [6.07, 6.45) is 5.15. The van der Waals surface area contributed by atoms with E-state index in [9.17, 15) is 10.4 Å². The average molecular weight is 412 g/mol. The van der Waals surface area contributed by atoms with Crippen molar-refractivity contribution < 1.29 is 9.84 Å². The Labute approximate surface area is 178 Å². The smallest absolute Gasteiger partial charge is 0.222 e. The summed E-state index contributed by atoms with van der Waals surface area (Å²) in [4.78, 5) is 16.6. The van der Waals surface area contributed by atoms with Crippen molar-refractivity contribution in [3.05, 3.63) is 53.5 Å². The second-order valence-electron chi connectivity index (χ2n) is 7.68. The number of H-pyrrole nitrogens is 1. The van der Waals surface area contributed by atoms with E-state index in [-0.39, 0.29) is 11.8 Å². The fourth-order valence-corrected chi connectivity index (χ4v) is 3.83. The number of aromatic hydroxyl groups is 1. The van der Waals surface area contributed by atoms with Crippen molar-refractivity contribution in [1.82, 2.24) is 19.9 Å². The van der Waals surface area contributed by atoms with Crippen molar-refractivity contribution in [2.45, 2.75) is 19.9 Å². The number of nitrogens with zero attached hydrogens (tertiary/aromatic N) is 4. The first-order chi connectivity index (χ1) is 15.0. The SMILES string of the molecule is Cc1ccc(O)c(C)c1-c1cnc2[nH]c(-c3cnc(NC4COC4)nc3)cc2c1C#N. The summed E-state index contributed by atoms with van der Waals surface area (Å²) in [5.74, 6) is 0.750. The van der Waals surface area contributed by atoms with Gasteiger partial charge < -0.3 is 20.1 Å². The molecule has 0 saturated carbocycles. The van der Waals surface area contributed by atoms with Crippen molar-refractivity contribution in [3.8, 4) is 34.2 Å². The lowest BCUT2D eigenvalue weighted by Gasteiger charge is -2.26. The summed E-state index contributed by atoms with van der Waals surface area (Å²) in [6, 6.07) is 7.98. The largest absolute Gasteiger partial charge is 0.508 e. The van der Waals surface area contributed by atoms with Crippen LogP contribution in [0.1, 0.15) is 16.7 Å². The molecule has 154 valence electrons. The highest BCUT2D eigenvalue weighted by molar-refractivity contribution is 5.94. The first kappa shape index (κ1) is 19.0. The number of aryl methyl sites for hydroxylation is 1. The Morgan fingerprint density at radius 2 is 1.94 bits per heavy atom. The molecule has 8 heteroatoms. The molecule has 5 rings (SSSR count). The number of nitrogens with one attached hydrogen (secondary N) is 2. The molecule has 1 aromatic carbocycles. The van der Waals surface area contributed by atoms with Gasteiger partial charge in [0.2, 0.25) is 5.95 Å². The topological polar surface area (TPSA) is 120 Å². The minimum Gasteiger partial charge on any atom is -0.508 e. The highest BCUT2D eigenvalue weighted by atomic mass is 16.5. The van der Waals surface area contributed by atoms with Gasteiger partial charge >= 0.3 is 0 Å². The Bertz CT molecular complexity index is 1330. The van der Waals surface area contributed by atoms with E-state index in [1.165, 1.54) is 0 Å². The van der Waals surface area contributed by atoms with E-state index in [1.807, 2.05) is 26.0 Å². The quantitative estimate of drug-likeness (QED) is 0.467. The van der Waals surface area contributed by atoms with Gasteiger partial charge in [0.1, 0.15) is 17.5 Å². The molecule has 0 spiro atoms. The number of aromatic nitrogens is 4. The number of benzene rings is 1. The third-order valence-corrected chi connectivity index (χ3v) is 5.62. The van der Waals surface area contributed by atoms with E-state index >= 15 is 0 Å². The zero-order valence-corrected chi connectivity index (χ0v) is 17.1. The van der Waals surface area contributed by atoms with Crippen molar-refractivity contribution >= 4 is 17.0 Å². The lowest BCUT2D eigenvalue weighted by Crippen LogP contribution is -2.40. The van der Waals surface area contributed by atoms with Crippen LogP contribution in [-0.2, 0) is 4.74 Å². The van der Waals surface area contributed by atoms with Gasteiger partial charge in [-0.1, -0.05) is 6.07 Å². The lowest BCUT2D eigenvalue weighted by molar-refractivity contribution is 0.0208. The molecule has 0 unspecified atom stereocenters. The molecule has 3 aromatic heterocycles. The molecule has 0 atom stereocenters. The average Bonchev–Trinajstić information content (AvgIpc) is 3.18. The van der Waals surface area contributed by atoms with Crippen molar-refractivity contribution in [2.24, 2.45) is 0 Å². The summed E-state index contributed by atoms with van der Waals surface area (Å²) >= 11 is 0. The minimum absolute atomic E-state index is 0.193. The Kier molecular flexibility index (Phi) is 4.53. The van der Waals surface area contributed by atoms with E-state index in [0.29, 0.717) is 41.3 Å². The number of fused-ring (bicyclic) bond motifs is 1. The van der Waals surface area contributed by atoms with Crippen molar-refractivity contribution in [2.75, 3.05) is 18.5 Å². The maximum absolute atomic E-state index is 10.2. The Hall–Kier alpha value is -3.96. The second-order valence-corrected chi connectivity index (χ2v) is 7.68. The van der Waals surface area contributed by atoms with Crippen LogP contribution in [0.3, 0.4) is 0 Å². The van der Waals surface area contributed by atoms with Crippen LogP contribution in [0.15, 0.2) is 36.8 Å². The number of phenols is 1. The summed E-state index contributed by atoms with van der Waals surface area (Å²) in [6.45, 7) is 5.12.